The highest BCUT2D eigenvalue weighted by Crippen LogP contribution is 2.31. The van der Waals surface area contributed by atoms with Crippen LogP contribution < -0.4 is 5.32 Å². The minimum atomic E-state index is -0.773. The highest BCUT2D eigenvalue weighted by atomic mass is 16.5. The van der Waals surface area contributed by atoms with Crippen molar-refractivity contribution in [2.45, 2.75) is 45.1 Å². The second-order valence-corrected chi connectivity index (χ2v) is 6.50. The van der Waals surface area contributed by atoms with Crippen LogP contribution in [-0.4, -0.2) is 53.8 Å². The van der Waals surface area contributed by atoms with Crippen molar-refractivity contribution >= 4 is 12.0 Å². The fourth-order valence-electron chi connectivity index (χ4n) is 2.79. The Morgan fingerprint density at radius 1 is 1.20 bits per heavy atom. The molecule has 0 aromatic rings. The van der Waals surface area contributed by atoms with E-state index in [9.17, 15) is 14.7 Å². The smallest absolute Gasteiger partial charge is 0.317 e. The number of piperidine rings is 1. The van der Waals surface area contributed by atoms with Gasteiger partial charge in [-0.25, -0.2) is 4.79 Å². The summed E-state index contributed by atoms with van der Waals surface area (Å²) < 4.78 is 5.43. The zero-order chi connectivity index (χ0) is 14.8. The predicted octanol–water partition coefficient (Wildman–Crippen LogP) is 1.45. The first-order valence-electron chi connectivity index (χ1n) is 7.23. The molecule has 2 heterocycles. The van der Waals surface area contributed by atoms with Gasteiger partial charge in [-0.05, 0) is 39.5 Å². The lowest BCUT2D eigenvalue weighted by molar-refractivity contribution is -0.150. The molecular weight excluding hydrogens is 260 g/mol. The maximum atomic E-state index is 12.3. The summed E-state index contributed by atoms with van der Waals surface area (Å²) in [5, 5.41) is 12.2. The Kier molecular flexibility index (Phi) is 4.22. The maximum absolute atomic E-state index is 12.3. The zero-order valence-corrected chi connectivity index (χ0v) is 12.3. The summed E-state index contributed by atoms with van der Waals surface area (Å²) in [5.41, 5.74) is -1.00. The van der Waals surface area contributed by atoms with E-state index in [2.05, 4.69) is 5.32 Å². The molecule has 0 radical (unpaired) electrons. The van der Waals surface area contributed by atoms with E-state index in [4.69, 9.17) is 4.74 Å². The van der Waals surface area contributed by atoms with Gasteiger partial charge in [0.15, 0.2) is 0 Å². The molecule has 6 nitrogen and oxygen atoms in total. The van der Waals surface area contributed by atoms with E-state index in [-0.39, 0.29) is 11.6 Å². The molecule has 2 saturated heterocycles. The number of carboxylic acids is 1. The number of likely N-dealkylation sites (tertiary alicyclic amines) is 1. The molecule has 2 aliphatic rings. The molecule has 0 aromatic carbocycles. The number of ether oxygens (including phenoxy) is 1. The van der Waals surface area contributed by atoms with E-state index < -0.39 is 11.4 Å². The molecule has 0 saturated carbocycles. The molecule has 0 aromatic heterocycles. The number of carboxylic acid groups (broad SMARTS) is 1. The van der Waals surface area contributed by atoms with Gasteiger partial charge in [0.25, 0.3) is 0 Å². The Balaban J connectivity index is 1.87. The van der Waals surface area contributed by atoms with Crippen LogP contribution in [0.25, 0.3) is 0 Å². The number of hydrogen-bond acceptors (Lipinski definition) is 3. The van der Waals surface area contributed by atoms with Crippen molar-refractivity contribution < 1.29 is 19.4 Å². The Bertz CT molecular complexity index is 383. The molecule has 1 unspecified atom stereocenters. The number of amides is 2. The molecule has 1 atom stereocenters. The lowest BCUT2D eigenvalue weighted by Gasteiger charge is -2.40. The van der Waals surface area contributed by atoms with Gasteiger partial charge < -0.3 is 20.1 Å². The Hall–Kier alpha value is -1.30. The van der Waals surface area contributed by atoms with Crippen LogP contribution in [0.15, 0.2) is 0 Å². The van der Waals surface area contributed by atoms with Crippen LogP contribution in [0.2, 0.25) is 0 Å². The van der Waals surface area contributed by atoms with Gasteiger partial charge in [0.05, 0.1) is 17.6 Å². The summed E-state index contributed by atoms with van der Waals surface area (Å²) in [6.07, 6.45) is 2.87. The van der Waals surface area contributed by atoms with Crippen LogP contribution in [-0.2, 0) is 9.53 Å². The van der Waals surface area contributed by atoms with Crippen molar-refractivity contribution in [1.29, 1.82) is 0 Å². The lowest BCUT2D eigenvalue weighted by Crippen LogP contribution is -2.57. The number of nitrogens with one attached hydrogen (secondary N) is 1. The van der Waals surface area contributed by atoms with Gasteiger partial charge in [0, 0.05) is 19.7 Å². The first kappa shape index (κ1) is 15.1. The molecule has 2 aliphatic heterocycles. The standard InChI is InChI=1S/C14H24N2O4/c1-13(11(17)18)5-7-16(8-6-13)12(19)15-14(2)4-3-9-20-10-14/h3-10H2,1-2H3,(H,15,19)(H,17,18). The third-order valence-electron chi connectivity index (χ3n) is 4.52. The number of nitrogens with zero attached hydrogens (tertiary/aromatic N) is 1. The monoisotopic (exact) mass is 284 g/mol. The molecule has 0 aliphatic carbocycles. The molecule has 2 rings (SSSR count). The quantitative estimate of drug-likeness (QED) is 0.804. The van der Waals surface area contributed by atoms with Crippen molar-refractivity contribution in [3.05, 3.63) is 0 Å². The second kappa shape index (κ2) is 5.60. The second-order valence-electron chi connectivity index (χ2n) is 6.50. The molecule has 2 N–H and O–H groups in total. The Morgan fingerprint density at radius 2 is 1.85 bits per heavy atom. The Labute approximate surface area is 119 Å². The van der Waals surface area contributed by atoms with Gasteiger partial charge >= 0.3 is 12.0 Å². The fraction of sp³-hybridized carbons (Fsp3) is 0.857. The topological polar surface area (TPSA) is 78.9 Å². The third kappa shape index (κ3) is 3.23. The largest absolute Gasteiger partial charge is 0.481 e. The maximum Gasteiger partial charge on any atom is 0.317 e. The van der Waals surface area contributed by atoms with E-state index >= 15 is 0 Å². The van der Waals surface area contributed by atoms with Crippen LogP contribution in [0, 0.1) is 5.41 Å². The van der Waals surface area contributed by atoms with Crippen LogP contribution in [0.4, 0.5) is 4.79 Å². The van der Waals surface area contributed by atoms with Crippen LogP contribution in [0.1, 0.15) is 39.5 Å². The SMILES string of the molecule is CC1(NC(=O)N2CCC(C)(C(=O)O)CC2)CCCOC1. The van der Waals surface area contributed by atoms with Crippen molar-refractivity contribution in [2.75, 3.05) is 26.3 Å². The summed E-state index contributed by atoms with van der Waals surface area (Å²) in [5.74, 6) is -0.773. The molecule has 6 heteroatoms. The predicted molar refractivity (Wildman–Crippen MR) is 73.5 cm³/mol. The molecule has 0 bridgehead atoms. The molecule has 2 fully saturated rings. The number of carbonyl (C=O) groups is 2. The van der Waals surface area contributed by atoms with Crippen LogP contribution in [0.5, 0.6) is 0 Å². The van der Waals surface area contributed by atoms with Crippen molar-refractivity contribution in [3.8, 4) is 0 Å². The van der Waals surface area contributed by atoms with Gasteiger partial charge in [0.1, 0.15) is 0 Å². The summed E-state index contributed by atoms with van der Waals surface area (Å²) in [6.45, 7) is 6.03. The third-order valence-corrected chi connectivity index (χ3v) is 4.52. The summed E-state index contributed by atoms with van der Waals surface area (Å²) in [7, 11) is 0. The average molecular weight is 284 g/mol. The van der Waals surface area contributed by atoms with E-state index in [0.717, 1.165) is 19.4 Å². The van der Waals surface area contributed by atoms with E-state index in [1.807, 2.05) is 6.92 Å². The lowest BCUT2D eigenvalue weighted by atomic mass is 9.80. The molecule has 0 spiro atoms. The molecule has 114 valence electrons. The van der Waals surface area contributed by atoms with Gasteiger partial charge in [-0.3, -0.25) is 4.79 Å². The van der Waals surface area contributed by atoms with Crippen LogP contribution in [0.3, 0.4) is 0 Å². The minimum absolute atomic E-state index is 0.106. The summed E-state index contributed by atoms with van der Waals surface area (Å²) in [4.78, 5) is 25.2. The van der Waals surface area contributed by atoms with Crippen molar-refractivity contribution in [1.82, 2.24) is 10.2 Å². The fourth-order valence-corrected chi connectivity index (χ4v) is 2.79. The molecule has 2 amide bonds. The van der Waals surface area contributed by atoms with E-state index in [1.165, 1.54) is 0 Å². The average Bonchev–Trinajstić information content (AvgIpc) is 2.39. The highest BCUT2D eigenvalue weighted by molar-refractivity contribution is 5.77. The zero-order valence-electron chi connectivity index (χ0n) is 12.3. The van der Waals surface area contributed by atoms with Crippen molar-refractivity contribution in [3.63, 3.8) is 0 Å². The number of urea groups is 1. The number of rotatable bonds is 2. The number of hydrogen-bond donors (Lipinski definition) is 2. The number of aliphatic carboxylic acids is 1. The van der Waals surface area contributed by atoms with Crippen molar-refractivity contribution in [2.24, 2.45) is 5.41 Å². The summed E-state index contributed by atoms with van der Waals surface area (Å²) in [6, 6.07) is -0.106. The summed E-state index contributed by atoms with van der Waals surface area (Å²) >= 11 is 0. The minimum Gasteiger partial charge on any atom is -0.481 e. The van der Waals surface area contributed by atoms with Gasteiger partial charge in [0.2, 0.25) is 0 Å². The van der Waals surface area contributed by atoms with Crippen LogP contribution >= 0.6 is 0 Å². The number of carbonyl (C=O) groups excluding carboxylic acids is 1. The molecular formula is C14H24N2O4. The Morgan fingerprint density at radius 3 is 2.35 bits per heavy atom. The first-order valence-corrected chi connectivity index (χ1v) is 7.23. The van der Waals surface area contributed by atoms with Gasteiger partial charge in [-0.15, -0.1) is 0 Å². The van der Waals surface area contributed by atoms with E-state index in [0.29, 0.717) is 32.5 Å². The van der Waals surface area contributed by atoms with Gasteiger partial charge in [-0.2, -0.15) is 0 Å². The van der Waals surface area contributed by atoms with E-state index in [1.54, 1.807) is 11.8 Å². The highest BCUT2D eigenvalue weighted by Gasteiger charge is 2.39. The first-order chi connectivity index (χ1) is 9.35. The normalized spacial score (nSPS) is 29.8. The van der Waals surface area contributed by atoms with Gasteiger partial charge in [-0.1, -0.05) is 0 Å². The molecule has 20 heavy (non-hydrogen) atoms.